The number of rotatable bonds is 8. The average Bonchev–Trinajstić information content (AvgIpc) is 1.52. The van der Waals surface area contributed by atoms with Crippen LogP contribution in [-0.2, 0) is 10.8 Å². The average molecular weight is 1100 g/mol. The quantitative estimate of drug-likeness (QED) is 0.151. The highest BCUT2D eigenvalue weighted by atomic mass is 15.2. The summed E-state index contributed by atoms with van der Waals surface area (Å²) in [5.41, 5.74) is 21.3. The third-order valence-corrected chi connectivity index (χ3v) is 18.6. The second-order valence-electron chi connectivity index (χ2n) is 25.6. The molecule has 0 spiro atoms. The number of para-hydroxylation sites is 6. The van der Waals surface area contributed by atoms with Gasteiger partial charge < -0.3 is 18.6 Å². The summed E-state index contributed by atoms with van der Waals surface area (Å²) >= 11 is 0. The predicted octanol–water partition coefficient (Wildman–Crippen LogP) is 23.2. The molecule has 0 aliphatic carbocycles. The number of anilines is 6. The summed E-state index contributed by atoms with van der Waals surface area (Å²) in [6.45, 7) is 14.2. The first-order valence-corrected chi connectivity index (χ1v) is 30.3. The number of aromatic nitrogens is 2. The van der Waals surface area contributed by atoms with Crippen molar-refractivity contribution < 1.29 is 0 Å². The second-order valence-corrected chi connectivity index (χ2v) is 25.6. The summed E-state index contributed by atoms with van der Waals surface area (Å²) < 4.78 is 5.30. The zero-order valence-electron chi connectivity index (χ0n) is 49.2. The Bertz CT molecular complexity index is 5200. The van der Waals surface area contributed by atoms with E-state index in [1.54, 1.807) is 0 Å². The van der Waals surface area contributed by atoms with E-state index in [0.29, 0.717) is 0 Å². The second kappa shape index (κ2) is 18.5. The molecule has 0 radical (unpaired) electrons. The van der Waals surface area contributed by atoms with E-state index >= 15 is 0 Å². The lowest BCUT2D eigenvalue weighted by molar-refractivity contribution is 0.594. The van der Waals surface area contributed by atoms with E-state index < -0.39 is 0 Å². The van der Waals surface area contributed by atoms with Crippen molar-refractivity contribution in [3.05, 3.63) is 278 Å². The minimum absolute atomic E-state index is 0.160. The molecule has 4 heteroatoms. The molecule has 0 atom stereocenters. The summed E-state index contributed by atoms with van der Waals surface area (Å²) in [5.74, 6) is 0. The van der Waals surface area contributed by atoms with Crippen LogP contribution in [-0.4, -0.2) is 8.80 Å². The standard InChI is InChI=1S/C82H62N4/c1-81(2,3)67-41-23-39-63-75-71(83(53-29-9-7-10-30-53)69-43-19-17-35-59(69)57-37-21-27-51-25-13-15-33-55(51)57)47-45-61-65-50-74-66(49-73(65)85(77(63)67)79(61)75)62-46-48-72(76-64-40-24-42-68(82(4,5)6)78(64)86(74)80(62)76)84(54-31-11-8-12-32-54)70-44-20-18-36-60(70)58-38-22-28-52-26-14-16-34-56(52)58/h7-50H,1-6H3. The maximum Gasteiger partial charge on any atom is 0.0641 e. The molecule has 4 aromatic heterocycles. The number of fused-ring (bicyclic) bond motifs is 14. The summed E-state index contributed by atoms with van der Waals surface area (Å²) in [4.78, 5) is 5.05. The SMILES string of the molecule is CC(C)(C)c1cccc2c3c(N(c4ccccc4)c4ccccc4-c4cccc5ccccc45)ccc4c5cc6c(cc5n(c12)c43)c1ccc(N(c2ccccc2)c2ccccc2-c2cccc3ccccc23)c2c3cccc(C(C)(C)C)c3n6c12. The molecule has 4 nitrogen and oxygen atoms in total. The molecule has 0 saturated heterocycles. The predicted molar refractivity (Wildman–Crippen MR) is 368 cm³/mol. The number of hydrogen-bond donors (Lipinski definition) is 0. The Hall–Kier alpha value is -10.4. The summed E-state index contributed by atoms with van der Waals surface area (Å²) in [6, 6.07) is 99.7. The van der Waals surface area contributed by atoms with Crippen molar-refractivity contribution in [3.63, 3.8) is 0 Å². The van der Waals surface area contributed by atoms with Crippen LogP contribution < -0.4 is 9.80 Å². The molecule has 0 saturated carbocycles. The molecule has 0 aliphatic rings. The lowest BCUT2D eigenvalue weighted by Gasteiger charge is -2.29. The fourth-order valence-electron chi connectivity index (χ4n) is 14.9. The van der Waals surface area contributed by atoms with E-state index in [2.05, 4.69) is 327 Å². The van der Waals surface area contributed by atoms with Crippen LogP contribution in [0.1, 0.15) is 52.7 Å². The molecular weight excluding hydrogens is 1040 g/mol. The van der Waals surface area contributed by atoms with Crippen molar-refractivity contribution in [2.75, 3.05) is 9.80 Å². The summed E-state index contributed by atoms with van der Waals surface area (Å²) in [7, 11) is 0. The molecule has 13 aromatic carbocycles. The van der Waals surface area contributed by atoms with Crippen molar-refractivity contribution >= 4 is 132 Å². The molecule has 17 rings (SSSR count). The number of hydrogen-bond acceptors (Lipinski definition) is 2. The van der Waals surface area contributed by atoms with Gasteiger partial charge in [0.1, 0.15) is 0 Å². The van der Waals surface area contributed by atoms with Gasteiger partial charge in [0.25, 0.3) is 0 Å². The molecular formula is C82H62N4. The summed E-state index contributed by atoms with van der Waals surface area (Å²) in [6.07, 6.45) is 0. The van der Waals surface area contributed by atoms with Gasteiger partial charge in [-0.05, 0) is 115 Å². The zero-order chi connectivity index (χ0) is 57.7. The molecule has 0 N–H and O–H groups in total. The van der Waals surface area contributed by atoms with Crippen LogP contribution >= 0.6 is 0 Å². The van der Waals surface area contributed by atoms with Crippen LogP contribution in [0, 0.1) is 0 Å². The first-order chi connectivity index (χ1) is 42.0. The molecule has 0 fully saturated rings. The van der Waals surface area contributed by atoms with Crippen molar-refractivity contribution in [1.82, 2.24) is 8.80 Å². The van der Waals surface area contributed by atoms with E-state index in [4.69, 9.17) is 0 Å². The monoisotopic (exact) mass is 1100 g/mol. The lowest BCUT2D eigenvalue weighted by Crippen LogP contribution is -2.12. The Balaban J connectivity index is 0.980. The van der Waals surface area contributed by atoms with Crippen LogP contribution in [0.4, 0.5) is 34.1 Å². The fourth-order valence-corrected chi connectivity index (χ4v) is 14.9. The first-order valence-electron chi connectivity index (χ1n) is 30.3. The van der Waals surface area contributed by atoms with E-state index in [1.807, 2.05) is 0 Å². The highest BCUT2D eigenvalue weighted by Gasteiger charge is 2.32. The molecule has 0 bridgehead atoms. The minimum atomic E-state index is -0.160. The van der Waals surface area contributed by atoms with Gasteiger partial charge in [-0.2, -0.15) is 0 Å². The zero-order valence-corrected chi connectivity index (χ0v) is 49.2. The Morgan fingerprint density at radius 3 is 1.03 bits per heavy atom. The van der Waals surface area contributed by atoms with Gasteiger partial charge in [-0.1, -0.05) is 248 Å². The van der Waals surface area contributed by atoms with E-state index in [9.17, 15) is 0 Å². The number of nitrogens with zero attached hydrogens (tertiary/aromatic N) is 4. The van der Waals surface area contributed by atoms with E-state index in [-0.39, 0.29) is 10.8 Å². The molecule has 4 heterocycles. The van der Waals surface area contributed by atoms with Crippen LogP contribution in [0.5, 0.6) is 0 Å². The van der Waals surface area contributed by atoms with Crippen LogP contribution in [0.25, 0.3) is 120 Å². The molecule has 86 heavy (non-hydrogen) atoms. The van der Waals surface area contributed by atoms with Crippen LogP contribution in [0.15, 0.2) is 267 Å². The van der Waals surface area contributed by atoms with Crippen LogP contribution in [0.2, 0.25) is 0 Å². The van der Waals surface area contributed by atoms with Gasteiger partial charge in [0.15, 0.2) is 0 Å². The van der Waals surface area contributed by atoms with Gasteiger partial charge in [0, 0.05) is 65.6 Å². The number of benzene rings is 13. The molecule has 0 unspecified atom stereocenters. The Morgan fingerprint density at radius 1 is 0.256 bits per heavy atom. The van der Waals surface area contributed by atoms with E-state index in [0.717, 1.165) is 34.1 Å². The van der Waals surface area contributed by atoms with Gasteiger partial charge >= 0.3 is 0 Å². The van der Waals surface area contributed by atoms with Crippen molar-refractivity contribution in [1.29, 1.82) is 0 Å². The van der Waals surface area contributed by atoms with Gasteiger partial charge in [-0.3, -0.25) is 0 Å². The largest absolute Gasteiger partial charge is 0.309 e. The molecule has 0 amide bonds. The fraction of sp³-hybridized carbons (Fsp3) is 0.0976. The topological polar surface area (TPSA) is 15.3 Å². The third-order valence-electron chi connectivity index (χ3n) is 18.6. The highest BCUT2D eigenvalue weighted by molar-refractivity contribution is 6.33. The smallest absolute Gasteiger partial charge is 0.0641 e. The molecule has 17 aromatic rings. The van der Waals surface area contributed by atoms with Crippen molar-refractivity contribution in [2.45, 2.75) is 52.4 Å². The maximum absolute atomic E-state index is 2.65. The van der Waals surface area contributed by atoms with Crippen LogP contribution in [0.3, 0.4) is 0 Å². The Labute approximate surface area is 500 Å². The molecule has 410 valence electrons. The first kappa shape index (κ1) is 50.1. The lowest BCUT2D eigenvalue weighted by atomic mass is 9.85. The van der Waals surface area contributed by atoms with E-state index in [1.165, 1.54) is 131 Å². The highest BCUT2D eigenvalue weighted by Crippen LogP contribution is 2.55. The maximum atomic E-state index is 2.65. The van der Waals surface area contributed by atoms with Crippen molar-refractivity contribution in [2.24, 2.45) is 0 Å². The minimum Gasteiger partial charge on any atom is -0.309 e. The Morgan fingerprint density at radius 2 is 0.605 bits per heavy atom. The van der Waals surface area contributed by atoms with Gasteiger partial charge in [0.2, 0.25) is 0 Å². The van der Waals surface area contributed by atoms with Crippen molar-refractivity contribution in [3.8, 4) is 22.3 Å². The molecule has 0 aliphatic heterocycles. The van der Waals surface area contributed by atoms with Gasteiger partial charge in [-0.15, -0.1) is 0 Å². The van der Waals surface area contributed by atoms with Gasteiger partial charge in [0.05, 0.1) is 55.8 Å². The normalized spacial score (nSPS) is 12.5. The summed E-state index contributed by atoms with van der Waals surface area (Å²) in [5, 5.41) is 14.9. The Kier molecular flexibility index (Phi) is 10.8. The van der Waals surface area contributed by atoms with Gasteiger partial charge in [-0.25, -0.2) is 0 Å². The third kappa shape index (κ3) is 7.23.